The van der Waals surface area contributed by atoms with Crippen molar-refractivity contribution in [1.29, 1.82) is 0 Å². The molecule has 29 heavy (non-hydrogen) atoms. The molecule has 6 nitrogen and oxygen atoms in total. The highest BCUT2D eigenvalue weighted by atomic mass is 32.2. The predicted octanol–water partition coefficient (Wildman–Crippen LogP) is 3.78. The molecule has 0 N–H and O–H groups in total. The number of rotatable bonds is 5. The van der Waals surface area contributed by atoms with Gasteiger partial charge in [0, 0.05) is 30.5 Å². The molecule has 0 atom stereocenters. The maximum absolute atomic E-state index is 13.2. The Morgan fingerprint density at radius 3 is 2.72 bits per heavy atom. The SMILES string of the molecule is O=c1c2ccccc2nc(SCc2cn3ccccc3n2)n1Cc1cccnc1. The molecule has 0 amide bonds. The number of para-hydroxylation sites is 1. The highest BCUT2D eigenvalue weighted by Gasteiger charge is 2.13. The van der Waals surface area contributed by atoms with E-state index in [0.717, 1.165) is 16.9 Å². The minimum absolute atomic E-state index is 0.0445. The molecule has 0 unspecified atom stereocenters. The first-order chi connectivity index (χ1) is 14.3. The molecule has 0 spiro atoms. The Kier molecular flexibility index (Phi) is 4.57. The molecule has 0 aliphatic rings. The highest BCUT2D eigenvalue weighted by molar-refractivity contribution is 7.98. The van der Waals surface area contributed by atoms with Crippen LogP contribution in [0.4, 0.5) is 0 Å². The van der Waals surface area contributed by atoms with Gasteiger partial charge in [0.05, 0.1) is 23.1 Å². The summed E-state index contributed by atoms with van der Waals surface area (Å²) in [7, 11) is 0. The van der Waals surface area contributed by atoms with E-state index in [1.165, 1.54) is 11.8 Å². The Balaban J connectivity index is 1.53. The molecule has 0 aliphatic carbocycles. The topological polar surface area (TPSA) is 65.1 Å². The number of pyridine rings is 2. The van der Waals surface area contributed by atoms with Gasteiger partial charge in [0.25, 0.3) is 5.56 Å². The van der Waals surface area contributed by atoms with Crippen LogP contribution in [0.2, 0.25) is 0 Å². The lowest BCUT2D eigenvalue weighted by molar-refractivity contribution is 0.656. The van der Waals surface area contributed by atoms with Gasteiger partial charge in [-0.2, -0.15) is 0 Å². The van der Waals surface area contributed by atoms with Crippen molar-refractivity contribution in [3.8, 4) is 0 Å². The number of thioether (sulfide) groups is 1. The van der Waals surface area contributed by atoms with Crippen LogP contribution in [0.3, 0.4) is 0 Å². The van der Waals surface area contributed by atoms with Crippen LogP contribution in [0, 0.1) is 0 Å². The van der Waals surface area contributed by atoms with Crippen LogP contribution in [0.25, 0.3) is 16.6 Å². The molecule has 0 saturated carbocycles. The molecule has 0 bridgehead atoms. The molecule has 7 heteroatoms. The van der Waals surface area contributed by atoms with Crippen LogP contribution in [0.5, 0.6) is 0 Å². The number of imidazole rings is 1. The van der Waals surface area contributed by atoms with Crippen LogP contribution in [-0.2, 0) is 12.3 Å². The predicted molar refractivity (Wildman–Crippen MR) is 114 cm³/mol. The second-order valence-corrected chi connectivity index (χ2v) is 7.59. The maximum atomic E-state index is 13.2. The van der Waals surface area contributed by atoms with E-state index in [-0.39, 0.29) is 5.56 Å². The van der Waals surface area contributed by atoms with Crippen LogP contribution >= 0.6 is 11.8 Å². The summed E-state index contributed by atoms with van der Waals surface area (Å²) in [5.41, 5.74) is 3.47. The van der Waals surface area contributed by atoms with Gasteiger partial charge in [0.1, 0.15) is 5.65 Å². The first-order valence-corrected chi connectivity index (χ1v) is 10.2. The van der Waals surface area contributed by atoms with E-state index in [2.05, 4.69) is 9.97 Å². The van der Waals surface area contributed by atoms with Crippen molar-refractivity contribution < 1.29 is 0 Å². The number of fused-ring (bicyclic) bond motifs is 2. The number of aromatic nitrogens is 5. The van der Waals surface area contributed by atoms with Gasteiger partial charge in [-0.3, -0.25) is 14.3 Å². The monoisotopic (exact) mass is 399 g/mol. The van der Waals surface area contributed by atoms with Gasteiger partial charge in [0.2, 0.25) is 0 Å². The summed E-state index contributed by atoms with van der Waals surface area (Å²) in [5, 5.41) is 1.29. The standard InChI is InChI=1S/C22H17N5OS/c28-21-18-7-1-2-8-19(18)25-22(27(21)13-16-6-5-10-23-12-16)29-15-17-14-26-11-4-3-9-20(26)24-17/h1-12,14H,13,15H2. The molecule has 0 radical (unpaired) electrons. The second-order valence-electron chi connectivity index (χ2n) is 6.65. The fraction of sp³-hybridized carbons (Fsp3) is 0.0909. The normalized spacial score (nSPS) is 11.3. The van der Waals surface area contributed by atoms with E-state index < -0.39 is 0 Å². The van der Waals surface area contributed by atoms with E-state index in [1.54, 1.807) is 17.0 Å². The van der Waals surface area contributed by atoms with Gasteiger partial charge in [-0.1, -0.05) is 36.0 Å². The number of benzene rings is 1. The zero-order valence-electron chi connectivity index (χ0n) is 15.5. The van der Waals surface area contributed by atoms with Crippen LogP contribution < -0.4 is 5.56 Å². The third-order valence-electron chi connectivity index (χ3n) is 4.65. The Morgan fingerprint density at radius 1 is 0.966 bits per heavy atom. The lowest BCUT2D eigenvalue weighted by Crippen LogP contribution is -2.24. The summed E-state index contributed by atoms with van der Waals surface area (Å²) in [5.74, 6) is 0.625. The van der Waals surface area contributed by atoms with Crippen molar-refractivity contribution >= 4 is 28.3 Å². The second kappa shape index (κ2) is 7.52. The molecule has 5 rings (SSSR count). The van der Waals surface area contributed by atoms with E-state index >= 15 is 0 Å². The van der Waals surface area contributed by atoms with Crippen molar-refractivity contribution in [3.05, 3.63) is 101 Å². The Morgan fingerprint density at radius 2 is 1.86 bits per heavy atom. The molecule has 0 saturated heterocycles. The van der Waals surface area contributed by atoms with Gasteiger partial charge >= 0.3 is 0 Å². The Labute approximate surface area is 170 Å². The van der Waals surface area contributed by atoms with Crippen LogP contribution in [-0.4, -0.2) is 23.9 Å². The minimum atomic E-state index is -0.0445. The van der Waals surface area contributed by atoms with E-state index in [0.29, 0.717) is 28.4 Å². The quantitative estimate of drug-likeness (QED) is 0.332. The summed E-state index contributed by atoms with van der Waals surface area (Å²) in [6.45, 7) is 0.429. The summed E-state index contributed by atoms with van der Waals surface area (Å²) >= 11 is 1.52. The molecule has 0 aliphatic heterocycles. The lowest BCUT2D eigenvalue weighted by Gasteiger charge is -2.12. The molecule has 5 aromatic rings. The summed E-state index contributed by atoms with van der Waals surface area (Å²) < 4.78 is 3.71. The Bertz CT molecular complexity index is 1330. The summed E-state index contributed by atoms with van der Waals surface area (Å²) in [6.07, 6.45) is 7.48. The molecule has 142 valence electrons. The van der Waals surface area contributed by atoms with E-state index in [1.807, 2.05) is 71.4 Å². The largest absolute Gasteiger partial charge is 0.307 e. The van der Waals surface area contributed by atoms with E-state index in [4.69, 9.17) is 4.98 Å². The van der Waals surface area contributed by atoms with Gasteiger partial charge in [-0.25, -0.2) is 9.97 Å². The summed E-state index contributed by atoms with van der Waals surface area (Å²) in [6, 6.07) is 17.2. The molecular weight excluding hydrogens is 382 g/mol. The molecule has 0 fully saturated rings. The van der Waals surface area contributed by atoms with Crippen molar-refractivity contribution in [3.63, 3.8) is 0 Å². The van der Waals surface area contributed by atoms with Crippen molar-refractivity contribution in [1.82, 2.24) is 23.9 Å². The first-order valence-electron chi connectivity index (χ1n) is 9.22. The van der Waals surface area contributed by atoms with Gasteiger partial charge in [0.15, 0.2) is 5.16 Å². The molecule has 4 heterocycles. The van der Waals surface area contributed by atoms with Gasteiger partial charge < -0.3 is 4.40 Å². The number of hydrogen-bond donors (Lipinski definition) is 0. The number of hydrogen-bond acceptors (Lipinski definition) is 5. The average Bonchev–Trinajstić information content (AvgIpc) is 3.18. The van der Waals surface area contributed by atoms with Crippen LogP contribution in [0.15, 0.2) is 89.3 Å². The minimum Gasteiger partial charge on any atom is -0.307 e. The lowest BCUT2D eigenvalue weighted by atomic mass is 10.2. The van der Waals surface area contributed by atoms with Gasteiger partial charge in [-0.15, -0.1) is 0 Å². The number of nitrogens with zero attached hydrogens (tertiary/aromatic N) is 5. The zero-order valence-corrected chi connectivity index (χ0v) is 16.3. The first kappa shape index (κ1) is 17.6. The maximum Gasteiger partial charge on any atom is 0.262 e. The van der Waals surface area contributed by atoms with Crippen molar-refractivity contribution in [2.45, 2.75) is 17.5 Å². The van der Waals surface area contributed by atoms with Crippen molar-refractivity contribution in [2.75, 3.05) is 0 Å². The zero-order chi connectivity index (χ0) is 19.6. The fourth-order valence-corrected chi connectivity index (χ4v) is 4.15. The Hall–Kier alpha value is -3.45. The fourth-order valence-electron chi connectivity index (χ4n) is 3.27. The third-order valence-corrected chi connectivity index (χ3v) is 5.66. The van der Waals surface area contributed by atoms with Gasteiger partial charge in [-0.05, 0) is 35.9 Å². The van der Waals surface area contributed by atoms with Crippen LogP contribution in [0.1, 0.15) is 11.3 Å². The van der Waals surface area contributed by atoms with Crippen molar-refractivity contribution in [2.24, 2.45) is 0 Å². The average molecular weight is 399 g/mol. The highest BCUT2D eigenvalue weighted by Crippen LogP contribution is 2.23. The molecule has 4 aromatic heterocycles. The molecule has 1 aromatic carbocycles. The molecular formula is C22H17N5OS. The summed E-state index contributed by atoms with van der Waals surface area (Å²) in [4.78, 5) is 26.8. The third kappa shape index (κ3) is 3.52. The van der Waals surface area contributed by atoms with E-state index in [9.17, 15) is 4.79 Å². The smallest absolute Gasteiger partial charge is 0.262 e.